The molecule has 1 aromatic heterocycles. The summed E-state index contributed by atoms with van der Waals surface area (Å²) in [5.41, 5.74) is 8.33. The van der Waals surface area contributed by atoms with E-state index in [-0.39, 0.29) is 6.42 Å². The van der Waals surface area contributed by atoms with Gasteiger partial charge in [-0.1, -0.05) is 12.2 Å². The van der Waals surface area contributed by atoms with Gasteiger partial charge in [-0.2, -0.15) is 0 Å². The Morgan fingerprint density at radius 3 is 2.80 bits per heavy atom. The van der Waals surface area contributed by atoms with Gasteiger partial charge in [0.1, 0.15) is 5.82 Å². The number of nitrogens with two attached hydrogens (primary N) is 1. The van der Waals surface area contributed by atoms with E-state index >= 15 is 0 Å². The highest BCUT2D eigenvalue weighted by Gasteiger charge is 2.02. The van der Waals surface area contributed by atoms with Gasteiger partial charge in [0.25, 0.3) is 0 Å². The zero-order chi connectivity index (χ0) is 11.4. The summed E-state index contributed by atoms with van der Waals surface area (Å²) in [6, 6.07) is 1.77. The summed E-state index contributed by atoms with van der Waals surface area (Å²) in [5.74, 6) is -0.356. The van der Waals surface area contributed by atoms with Crippen molar-refractivity contribution < 1.29 is 9.90 Å². The maximum absolute atomic E-state index is 10.3. The van der Waals surface area contributed by atoms with Crippen LogP contribution in [0, 0.1) is 13.8 Å². The third kappa shape index (κ3) is 3.09. The molecule has 0 aliphatic rings. The van der Waals surface area contributed by atoms with Crippen LogP contribution < -0.4 is 5.73 Å². The highest BCUT2D eigenvalue weighted by atomic mass is 16.4. The standard InChI is InChI=1S/C11H14N2O2/c1-7-6-10(12)13-8(2)9(7)4-3-5-11(14)15/h3-4,6H,5H2,1-2H3,(H2,12,13)(H,14,15). The minimum absolute atomic E-state index is 0.0171. The Morgan fingerprint density at radius 1 is 1.60 bits per heavy atom. The Bertz CT molecular complexity index is 388. The first-order valence-corrected chi connectivity index (χ1v) is 4.62. The summed E-state index contributed by atoms with van der Waals surface area (Å²) >= 11 is 0. The highest BCUT2D eigenvalue weighted by Crippen LogP contribution is 2.16. The van der Waals surface area contributed by atoms with Gasteiger partial charge in [-0.25, -0.2) is 4.98 Å². The fourth-order valence-electron chi connectivity index (χ4n) is 1.40. The van der Waals surface area contributed by atoms with Gasteiger partial charge in [0.2, 0.25) is 0 Å². The molecule has 0 atom stereocenters. The molecule has 0 unspecified atom stereocenters. The zero-order valence-electron chi connectivity index (χ0n) is 8.82. The molecular formula is C11H14N2O2. The smallest absolute Gasteiger partial charge is 0.307 e. The van der Waals surface area contributed by atoms with Crippen LogP contribution in [0.2, 0.25) is 0 Å². The van der Waals surface area contributed by atoms with Gasteiger partial charge in [0.15, 0.2) is 0 Å². The number of carboxylic acids is 1. The van der Waals surface area contributed by atoms with E-state index in [1.54, 1.807) is 18.2 Å². The fraction of sp³-hybridized carbons (Fsp3) is 0.273. The second-order valence-electron chi connectivity index (χ2n) is 3.36. The summed E-state index contributed by atoms with van der Waals surface area (Å²) in [6.45, 7) is 3.77. The molecule has 0 saturated carbocycles. The van der Waals surface area contributed by atoms with Gasteiger partial charge in [-0.15, -0.1) is 0 Å². The topological polar surface area (TPSA) is 76.2 Å². The minimum Gasteiger partial charge on any atom is -0.481 e. The number of carbonyl (C=O) groups is 1. The lowest BCUT2D eigenvalue weighted by atomic mass is 10.1. The van der Waals surface area contributed by atoms with Gasteiger partial charge in [0.05, 0.1) is 6.42 Å². The Balaban J connectivity index is 2.94. The van der Waals surface area contributed by atoms with Crippen LogP contribution in [0.25, 0.3) is 6.08 Å². The summed E-state index contributed by atoms with van der Waals surface area (Å²) in [7, 11) is 0. The van der Waals surface area contributed by atoms with E-state index in [1.165, 1.54) is 0 Å². The fourth-order valence-corrected chi connectivity index (χ4v) is 1.40. The molecule has 0 bridgehead atoms. The Morgan fingerprint density at radius 2 is 2.27 bits per heavy atom. The van der Waals surface area contributed by atoms with Crippen LogP contribution in [0.3, 0.4) is 0 Å². The van der Waals surface area contributed by atoms with Crippen molar-refractivity contribution in [2.45, 2.75) is 20.3 Å². The van der Waals surface area contributed by atoms with E-state index < -0.39 is 5.97 Å². The van der Waals surface area contributed by atoms with Crippen molar-refractivity contribution in [3.05, 3.63) is 29.0 Å². The van der Waals surface area contributed by atoms with Crippen molar-refractivity contribution in [1.29, 1.82) is 0 Å². The van der Waals surface area contributed by atoms with E-state index in [4.69, 9.17) is 10.8 Å². The van der Waals surface area contributed by atoms with Gasteiger partial charge in [-0.3, -0.25) is 4.79 Å². The van der Waals surface area contributed by atoms with E-state index in [2.05, 4.69) is 4.98 Å². The maximum Gasteiger partial charge on any atom is 0.307 e. The third-order valence-electron chi connectivity index (χ3n) is 2.05. The molecule has 15 heavy (non-hydrogen) atoms. The number of nitrogens with zero attached hydrogens (tertiary/aromatic N) is 1. The van der Waals surface area contributed by atoms with Crippen LogP contribution in [-0.2, 0) is 4.79 Å². The Labute approximate surface area is 88.4 Å². The van der Waals surface area contributed by atoms with Crippen molar-refractivity contribution in [3.63, 3.8) is 0 Å². The molecule has 0 aromatic carbocycles. The summed E-state index contributed by atoms with van der Waals surface area (Å²) in [5, 5.41) is 8.49. The zero-order valence-corrected chi connectivity index (χ0v) is 8.82. The number of nitrogen functional groups attached to an aromatic ring is 1. The first-order valence-electron chi connectivity index (χ1n) is 4.62. The largest absolute Gasteiger partial charge is 0.481 e. The SMILES string of the molecule is Cc1cc(N)nc(C)c1C=CCC(=O)O. The molecular weight excluding hydrogens is 192 g/mol. The molecule has 0 radical (unpaired) electrons. The van der Waals surface area contributed by atoms with Crippen LogP contribution >= 0.6 is 0 Å². The number of aromatic nitrogens is 1. The average molecular weight is 206 g/mol. The normalized spacial score (nSPS) is 10.8. The van der Waals surface area contributed by atoms with E-state index in [1.807, 2.05) is 13.8 Å². The quantitative estimate of drug-likeness (QED) is 0.790. The third-order valence-corrected chi connectivity index (χ3v) is 2.05. The number of anilines is 1. The van der Waals surface area contributed by atoms with E-state index in [9.17, 15) is 4.79 Å². The number of hydrogen-bond donors (Lipinski definition) is 2. The highest BCUT2D eigenvalue weighted by molar-refractivity contribution is 5.71. The monoisotopic (exact) mass is 206 g/mol. The average Bonchev–Trinajstić information content (AvgIpc) is 2.08. The molecule has 1 heterocycles. The van der Waals surface area contributed by atoms with E-state index in [0.29, 0.717) is 5.82 Å². The number of hydrogen-bond acceptors (Lipinski definition) is 3. The molecule has 1 aromatic rings. The molecule has 0 spiro atoms. The van der Waals surface area contributed by atoms with Gasteiger partial charge < -0.3 is 10.8 Å². The van der Waals surface area contributed by atoms with Crippen molar-refractivity contribution in [2.75, 3.05) is 5.73 Å². The summed E-state index contributed by atoms with van der Waals surface area (Å²) in [6.07, 6.45) is 3.39. The number of carboxylic acid groups (broad SMARTS) is 1. The van der Waals surface area contributed by atoms with E-state index in [0.717, 1.165) is 16.8 Å². The van der Waals surface area contributed by atoms with Crippen molar-refractivity contribution in [1.82, 2.24) is 4.98 Å². The van der Waals surface area contributed by atoms with Crippen LogP contribution in [0.15, 0.2) is 12.1 Å². The molecule has 0 fully saturated rings. The van der Waals surface area contributed by atoms with Crippen LogP contribution in [-0.4, -0.2) is 16.1 Å². The van der Waals surface area contributed by atoms with Gasteiger partial charge in [0, 0.05) is 5.69 Å². The minimum atomic E-state index is -0.843. The number of aliphatic carboxylic acids is 1. The lowest BCUT2D eigenvalue weighted by Gasteiger charge is -2.05. The molecule has 0 amide bonds. The second kappa shape index (κ2) is 4.59. The Hall–Kier alpha value is -1.84. The van der Waals surface area contributed by atoms with Crippen molar-refractivity contribution in [2.24, 2.45) is 0 Å². The summed E-state index contributed by atoms with van der Waals surface area (Å²) in [4.78, 5) is 14.4. The number of pyridine rings is 1. The molecule has 1 rings (SSSR count). The molecule has 0 aliphatic carbocycles. The first kappa shape index (κ1) is 11.2. The van der Waals surface area contributed by atoms with Crippen LogP contribution in [0.4, 0.5) is 5.82 Å². The number of rotatable bonds is 3. The predicted molar refractivity (Wildman–Crippen MR) is 59.4 cm³/mol. The molecule has 4 nitrogen and oxygen atoms in total. The van der Waals surface area contributed by atoms with Crippen LogP contribution in [0.5, 0.6) is 0 Å². The predicted octanol–water partition coefficient (Wildman–Crippen LogP) is 1.77. The van der Waals surface area contributed by atoms with Gasteiger partial charge >= 0.3 is 5.97 Å². The first-order chi connectivity index (χ1) is 7.00. The molecule has 0 saturated heterocycles. The molecule has 4 heteroatoms. The molecule has 3 N–H and O–H groups in total. The lowest BCUT2D eigenvalue weighted by Crippen LogP contribution is -1.97. The molecule has 0 aliphatic heterocycles. The van der Waals surface area contributed by atoms with Crippen molar-refractivity contribution in [3.8, 4) is 0 Å². The Kier molecular flexibility index (Phi) is 3.44. The molecule has 80 valence electrons. The number of aryl methyl sites for hydroxylation is 2. The summed E-state index contributed by atoms with van der Waals surface area (Å²) < 4.78 is 0. The van der Waals surface area contributed by atoms with Gasteiger partial charge in [-0.05, 0) is 31.0 Å². The van der Waals surface area contributed by atoms with Crippen molar-refractivity contribution >= 4 is 17.9 Å². The second-order valence-corrected chi connectivity index (χ2v) is 3.36. The lowest BCUT2D eigenvalue weighted by molar-refractivity contribution is -0.135. The maximum atomic E-state index is 10.3. The van der Waals surface area contributed by atoms with Crippen LogP contribution in [0.1, 0.15) is 23.2 Å².